The van der Waals surface area contributed by atoms with Crippen molar-refractivity contribution in [1.29, 1.82) is 0 Å². The van der Waals surface area contributed by atoms with Gasteiger partial charge in [0, 0.05) is 6.04 Å². The number of nitrogens with two attached hydrogens (primary N) is 1. The van der Waals surface area contributed by atoms with Gasteiger partial charge in [-0.3, -0.25) is 0 Å². The monoisotopic (exact) mass is 185 g/mol. The number of benzene rings is 1. The highest BCUT2D eigenvalue weighted by Gasteiger charge is 2.01. The first kappa shape index (κ1) is 9.38. The van der Waals surface area contributed by atoms with Crippen LogP contribution in [-0.4, -0.2) is 8.76 Å². The molecule has 4 heteroatoms. The third kappa shape index (κ3) is 2.14. The molecule has 0 aromatic heterocycles. The molecule has 0 saturated heterocycles. The maximum Gasteiger partial charge on any atom is 0.186 e. The lowest BCUT2D eigenvalue weighted by molar-refractivity contribution is 0.564. The fraction of sp³-hybridized carbons (Fsp3) is 0.250. The Kier molecular flexibility index (Phi) is 2.97. The van der Waals surface area contributed by atoms with Crippen molar-refractivity contribution in [2.24, 2.45) is 5.73 Å². The van der Waals surface area contributed by atoms with Crippen LogP contribution < -0.4 is 5.73 Å². The average Bonchev–Trinajstić information content (AvgIpc) is 2.04. The van der Waals surface area contributed by atoms with Gasteiger partial charge in [-0.1, -0.05) is 12.1 Å². The van der Waals surface area contributed by atoms with Gasteiger partial charge in [-0.05, 0) is 24.6 Å². The molecule has 2 atom stereocenters. The Morgan fingerprint density at radius 1 is 1.42 bits per heavy atom. The first-order chi connectivity index (χ1) is 5.61. The first-order valence-electron chi connectivity index (χ1n) is 3.57. The van der Waals surface area contributed by atoms with Crippen LogP contribution in [0.3, 0.4) is 0 Å². The molecule has 0 spiro atoms. The van der Waals surface area contributed by atoms with Gasteiger partial charge >= 0.3 is 0 Å². The zero-order chi connectivity index (χ0) is 9.14. The van der Waals surface area contributed by atoms with Crippen LogP contribution >= 0.6 is 0 Å². The topological polar surface area (TPSA) is 63.3 Å². The Morgan fingerprint density at radius 2 is 1.92 bits per heavy atom. The Hall–Kier alpha value is -0.710. The van der Waals surface area contributed by atoms with Gasteiger partial charge in [0.1, 0.15) is 0 Å². The second-order valence-corrected chi connectivity index (χ2v) is 3.58. The zero-order valence-electron chi connectivity index (χ0n) is 6.73. The molecule has 0 bridgehead atoms. The molecule has 1 unspecified atom stereocenters. The fourth-order valence-electron chi connectivity index (χ4n) is 0.888. The van der Waals surface area contributed by atoms with Crippen LogP contribution in [0.1, 0.15) is 18.5 Å². The molecule has 0 amide bonds. The van der Waals surface area contributed by atoms with Crippen molar-refractivity contribution in [2.45, 2.75) is 17.9 Å². The summed E-state index contributed by atoms with van der Waals surface area (Å²) in [5.41, 5.74) is 6.56. The van der Waals surface area contributed by atoms with Crippen molar-refractivity contribution in [2.75, 3.05) is 0 Å². The van der Waals surface area contributed by atoms with Crippen LogP contribution in [0.5, 0.6) is 0 Å². The molecular weight excluding hydrogens is 174 g/mol. The van der Waals surface area contributed by atoms with E-state index in [4.69, 9.17) is 10.3 Å². The highest BCUT2D eigenvalue weighted by Crippen LogP contribution is 2.12. The highest BCUT2D eigenvalue weighted by atomic mass is 32.2. The molecule has 66 valence electrons. The van der Waals surface area contributed by atoms with Crippen molar-refractivity contribution < 1.29 is 8.76 Å². The predicted octanol–water partition coefficient (Wildman–Crippen LogP) is 1.29. The summed E-state index contributed by atoms with van der Waals surface area (Å²) in [6.45, 7) is 1.87. The van der Waals surface area contributed by atoms with Gasteiger partial charge in [-0.25, -0.2) is 4.21 Å². The van der Waals surface area contributed by atoms with Gasteiger partial charge in [0.05, 0.1) is 4.90 Å². The Bertz CT molecular complexity index is 282. The Labute approximate surface area is 73.9 Å². The zero-order valence-corrected chi connectivity index (χ0v) is 7.54. The van der Waals surface area contributed by atoms with Gasteiger partial charge in [-0.2, -0.15) is 0 Å². The maximum absolute atomic E-state index is 10.6. The molecule has 3 N–H and O–H groups in total. The average molecular weight is 185 g/mol. The van der Waals surface area contributed by atoms with Crippen molar-refractivity contribution in [3.63, 3.8) is 0 Å². The second-order valence-electron chi connectivity index (χ2n) is 2.61. The molecule has 1 aromatic rings. The summed E-state index contributed by atoms with van der Waals surface area (Å²) in [6.07, 6.45) is 0. The Balaban J connectivity index is 2.93. The smallest absolute Gasteiger partial charge is 0.186 e. The van der Waals surface area contributed by atoms with Crippen molar-refractivity contribution in [1.82, 2.24) is 0 Å². The van der Waals surface area contributed by atoms with Crippen molar-refractivity contribution in [3.8, 4) is 0 Å². The SMILES string of the molecule is C[C@H](N)c1ccc(S(=O)O)cc1. The minimum Gasteiger partial charge on any atom is -0.324 e. The largest absolute Gasteiger partial charge is 0.324 e. The number of hydrogen-bond acceptors (Lipinski definition) is 2. The molecule has 0 aliphatic rings. The van der Waals surface area contributed by atoms with E-state index in [2.05, 4.69) is 0 Å². The second kappa shape index (κ2) is 3.80. The van der Waals surface area contributed by atoms with E-state index in [9.17, 15) is 4.21 Å². The van der Waals surface area contributed by atoms with Gasteiger partial charge < -0.3 is 10.3 Å². The third-order valence-corrected chi connectivity index (χ3v) is 2.28. The van der Waals surface area contributed by atoms with Crippen LogP contribution in [0, 0.1) is 0 Å². The third-order valence-electron chi connectivity index (χ3n) is 1.61. The number of hydrogen-bond donors (Lipinski definition) is 2. The van der Waals surface area contributed by atoms with Crippen LogP contribution in [0.15, 0.2) is 29.2 Å². The summed E-state index contributed by atoms with van der Waals surface area (Å²) >= 11 is -1.89. The van der Waals surface area contributed by atoms with E-state index in [1.807, 2.05) is 6.92 Å². The summed E-state index contributed by atoms with van der Waals surface area (Å²) in [6, 6.07) is 6.69. The maximum atomic E-state index is 10.6. The van der Waals surface area contributed by atoms with Gasteiger partial charge in [0.25, 0.3) is 0 Å². The molecule has 1 aromatic carbocycles. The summed E-state index contributed by atoms with van der Waals surface area (Å²) in [7, 11) is 0. The van der Waals surface area contributed by atoms with E-state index in [-0.39, 0.29) is 6.04 Å². The van der Waals surface area contributed by atoms with Crippen LogP contribution in [-0.2, 0) is 11.1 Å². The number of rotatable bonds is 2. The molecule has 0 aliphatic carbocycles. The van der Waals surface area contributed by atoms with Gasteiger partial charge in [-0.15, -0.1) is 0 Å². The predicted molar refractivity (Wildman–Crippen MR) is 48.1 cm³/mol. The normalized spacial score (nSPS) is 15.6. The fourth-order valence-corrected chi connectivity index (χ4v) is 1.26. The molecule has 0 aliphatic heterocycles. The minimum absolute atomic E-state index is 0.0359. The van der Waals surface area contributed by atoms with Crippen LogP contribution in [0.25, 0.3) is 0 Å². The van der Waals surface area contributed by atoms with E-state index < -0.39 is 11.1 Å². The molecule has 0 fully saturated rings. The Morgan fingerprint density at radius 3 is 2.25 bits per heavy atom. The quantitative estimate of drug-likeness (QED) is 0.682. The van der Waals surface area contributed by atoms with Crippen LogP contribution in [0.2, 0.25) is 0 Å². The van der Waals surface area contributed by atoms with E-state index >= 15 is 0 Å². The van der Waals surface area contributed by atoms with Gasteiger partial charge in [0.15, 0.2) is 11.1 Å². The molecular formula is C8H11NO2S. The van der Waals surface area contributed by atoms with Crippen molar-refractivity contribution in [3.05, 3.63) is 29.8 Å². The molecule has 12 heavy (non-hydrogen) atoms. The molecule has 1 rings (SSSR count). The molecule has 3 nitrogen and oxygen atoms in total. The summed E-state index contributed by atoms with van der Waals surface area (Å²) in [5.74, 6) is 0. The highest BCUT2D eigenvalue weighted by molar-refractivity contribution is 7.79. The molecule has 0 radical (unpaired) electrons. The lowest BCUT2D eigenvalue weighted by Gasteiger charge is -2.04. The molecule has 0 heterocycles. The first-order valence-corrected chi connectivity index (χ1v) is 4.68. The standard InChI is InChI=1S/C8H11NO2S/c1-6(9)7-2-4-8(5-3-7)12(10)11/h2-6H,9H2,1H3,(H,10,11)/t6-/m0/s1. The van der Waals surface area contributed by atoms with E-state index in [0.717, 1.165) is 5.56 Å². The minimum atomic E-state index is -1.89. The van der Waals surface area contributed by atoms with Crippen LogP contribution in [0.4, 0.5) is 0 Å². The van der Waals surface area contributed by atoms with E-state index in [1.54, 1.807) is 24.3 Å². The lowest BCUT2D eigenvalue weighted by atomic mass is 10.1. The van der Waals surface area contributed by atoms with Gasteiger partial charge in [0.2, 0.25) is 0 Å². The summed E-state index contributed by atoms with van der Waals surface area (Å²) < 4.78 is 19.3. The molecule has 0 saturated carbocycles. The summed E-state index contributed by atoms with van der Waals surface area (Å²) in [4.78, 5) is 0.402. The summed E-state index contributed by atoms with van der Waals surface area (Å²) in [5, 5.41) is 0. The van der Waals surface area contributed by atoms with E-state index in [0.29, 0.717) is 4.90 Å². The van der Waals surface area contributed by atoms with Crippen molar-refractivity contribution >= 4 is 11.1 Å². The lowest BCUT2D eigenvalue weighted by Crippen LogP contribution is -2.04. The van der Waals surface area contributed by atoms with E-state index in [1.165, 1.54) is 0 Å².